The Balaban J connectivity index is 2.60. The molecule has 0 aliphatic carbocycles. The number of hydrogen-bond acceptors (Lipinski definition) is 3. The zero-order valence-electron chi connectivity index (χ0n) is 10.8. The van der Waals surface area contributed by atoms with Gasteiger partial charge in [-0.05, 0) is 26.7 Å². The molecule has 1 rings (SSSR count). The Labute approximate surface area is 109 Å². The van der Waals surface area contributed by atoms with E-state index in [1.54, 1.807) is 17.7 Å². The summed E-state index contributed by atoms with van der Waals surface area (Å²) in [5.74, 6) is 3.22. The van der Waals surface area contributed by atoms with Gasteiger partial charge in [0.2, 0.25) is 0 Å². The lowest BCUT2D eigenvalue weighted by molar-refractivity contribution is 0.574. The van der Waals surface area contributed by atoms with Gasteiger partial charge in [0, 0.05) is 25.7 Å². The van der Waals surface area contributed by atoms with Crippen LogP contribution >= 0.6 is 0 Å². The fourth-order valence-electron chi connectivity index (χ4n) is 1.56. The molecule has 0 radical (unpaired) electrons. The summed E-state index contributed by atoms with van der Waals surface area (Å²) in [6.45, 7) is 4.83. The van der Waals surface area contributed by atoms with Gasteiger partial charge in [-0.25, -0.2) is 18.1 Å². The molecule has 6 heteroatoms. The van der Waals surface area contributed by atoms with Crippen LogP contribution in [-0.2, 0) is 16.6 Å². The lowest BCUT2D eigenvalue weighted by Crippen LogP contribution is -2.25. The molecule has 1 aromatic heterocycles. The summed E-state index contributed by atoms with van der Waals surface area (Å²) in [5, 5.41) is 0.0822. The lowest BCUT2D eigenvalue weighted by Gasteiger charge is -2.02. The second-order valence-electron chi connectivity index (χ2n) is 3.97. The molecule has 0 fully saturated rings. The Bertz CT molecular complexity index is 526. The fraction of sp³-hybridized carbons (Fsp3) is 0.583. The third-order valence-corrected chi connectivity index (χ3v) is 3.94. The molecule has 0 spiro atoms. The highest BCUT2D eigenvalue weighted by Gasteiger charge is 2.17. The van der Waals surface area contributed by atoms with E-state index in [-0.39, 0.29) is 5.03 Å². The number of terminal acetylenes is 1. The Morgan fingerprint density at radius 3 is 2.78 bits per heavy atom. The maximum absolute atomic E-state index is 11.9. The first-order valence-corrected chi connectivity index (χ1v) is 7.46. The predicted octanol–water partition coefficient (Wildman–Crippen LogP) is 1.29. The van der Waals surface area contributed by atoms with Crippen molar-refractivity contribution >= 4 is 10.0 Å². The summed E-state index contributed by atoms with van der Waals surface area (Å²) in [7, 11) is -3.49. The normalized spacial score (nSPS) is 11.4. The van der Waals surface area contributed by atoms with Crippen LogP contribution in [0.1, 0.15) is 32.0 Å². The van der Waals surface area contributed by atoms with Crippen LogP contribution in [0.15, 0.2) is 11.2 Å². The molecular weight excluding hydrogens is 250 g/mol. The van der Waals surface area contributed by atoms with Crippen LogP contribution in [0.5, 0.6) is 0 Å². The van der Waals surface area contributed by atoms with Crippen molar-refractivity contribution in [1.29, 1.82) is 0 Å². The summed E-state index contributed by atoms with van der Waals surface area (Å²) in [6.07, 6.45) is 8.90. The smallest absolute Gasteiger partial charge is 0.259 e. The fourth-order valence-corrected chi connectivity index (χ4v) is 2.64. The van der Waals surface area contributed by atoms with Crippen molar-refractivity contribution in [3.8, 4) is 12.3 Å². The van der Waals surface area contributed by atoms with Gasteiger partial charge in [0.05, 0.1) is 0 Å². The van der Waals surface area contributed by atoms with E-state index in [2.05, 4.69) is 15.6 Å². The van der Waals surface area contributed by atoms with Gasteiger partial charge in [-0.1, -0.05) is 0 Å². The van der Waals surface area contributed by atoms with Crippen LogP contribution in [0.25, 0.3) is 0 Å². The van der Waals surface area contributed by atoms with E-state index < -0.39 is 10.0 Å². The number of nitrogens with zero attached hydrogens (tertiary/aromatic N) is 2. The molecule has 0 aliphatic heterocycles. The zero-order chi connectivity index (χ0) is 13.6. The summed E-state index contributed by atoms with van der Waals surface area (Å²) < 4.78 is 28.2. The van der Waals surface area contributed by atoms with Crippen LogP contribution in [-0.4, -0.2) is 24.5 Å². The molecule has 100 valence electrons. The number of rotatable bonds is 7. The largest absolute Gasteiger partial charge is 0.334 e. The van der Waals surface area contributed by atoms with E-state index in [1.807, 2.05) is 6.92 Å². The Morgan fingerprint density at radius 2 is 2.22 bits per heavy atom. The number of aromatic nitrogens is 2. The number of hydrogen-bond donors (Lipinski definition) is 1. The van der Waals surface area contributed by atoms with Gasteiger partial charge in [-0.15, -0.1) is 12.3 Å². The summed E-state index contributed by atoms with van der Waals surface area (Å²) in [5.41, 5.74) is 0. The van der Waals surface area contributed by atoms with Gasteiger partial charge in [0.25, 0.3) is 10.0 Å². The molecule has 0 saturated carbocycles. The van der Waals surface area contributed by atoms with E-state index in [0.29, 0.717) is 25.3 Å². The second kappa shape index (κ2) is 6.57. The standard InChI is InChI=1S/C12H19N3O2S/c1-4-6-7-8-9-13-18(16,17)12-10-15(5-2)11(3)14-12/h1,10,13H,5-9H2,2-3H3. The van der Waals surface area contributed by atoms with Gasteiger partial charge in [0.15, 0.2) is 5.03 Å². The van der Waals surface area contributed by atoms with Crippen LogP contribution in [0, 0.1) is 19.3 Å². The molecule has 5 nitrogen and oxygen atoms in total. The number of sulfonamides is 1. The average Bonchev–Trinajstić information content (AvgIpc) is 2.71. The van der Waals surface area contributed by atoms with Gasteiger partial charge >= 0.3 is 0 Å². The third kappa shape index (κ3) is 3.86. The maximum atomic E-state index is 11.9. The molecule has 1 N–H and O–H groups in total. The highest BCUT2D eigenvalue weighted by molar-refractivity contribution is 7.89. The summed E-state index contributed by atoms with van der Waals surface area (Å²) >= 11 is 0. The van der Waals surface area contributed by atoms with Crippen molar-refractivity contribution in [3.05, 3.63) is 12.0 Å². The second-order valence-corrected chi connectivity index (χ2v) is 5.69. The van der Waals surface area contributed by atoms with E-state index in [9.17, 15) is 8.42 Å². The summed E-state index contributed by atoms with van der Waals surface area (Å²) in [6, 6.07) is 0. The zero-order valence-corrected chi connectivity index (χ0v) is 11.6. The SMILES string of the molecule is C#CCCCCNS(=O)(=O)c1cn(CC)c(C)n1. The Kier molecular flexibility index (Phi) is 5.38. The maximum Gasteiger partial charge on any atom is 0.259 e. The van der Waals surface area contributed by atoms with Gasteiger partial charge in [0.1, 0.15) is 5.82 Å². The topological polar surface area (TPSA) is 64.0 Å². The number of nitrogens with one attached hydrogen (secondary N) is 1. The van der Waals surface area contributed by atoms with E-state index >= 15 is 0 Å². The van der Waals surface area contributed by atoms with Crippen LogP contribution in [0.4, 0.5) is 0 Å². The van der Waals surface area contributed by atoms with Gasteiger partial charge in [-0.3, -0.25) is 0 Å². The van der Waals surface area contributed by atoms with Crippen molar-refractivity contribution in [1.82, 2.24) is 14.3 Å². The van der Waals surface area contributed by atoms with Crippen molar-refractivity contribution in [3.63, 3.8) is 0 Å². The predicted molar refractivity (Wildman–Crippen MR) is 70.5 cm³/mol. The van der Waals surface area contributed by atoms with Gasteiger partial charge < -0.3 is 4.57 Å². The molecule has 0 atom stereocenters. The van der Waals surface area contributed by atoms with Crippen molar-refractivity contribution < 1.29 is 8.42 Å². The molecule has 0 aromatic carbocycles. The Morgan fingerprint density at radius 1 is 1.50 bits per heavy atom. The molecule has 0 aliphatic rings. The van der Waals surface area contributed by atoms with E-state index in [1.165, 1.54) is 0 Å². The minimum Gasteiger partial charge on any atom is -0.334 e. The molecule has 0 bridgehead atoms. The molecule has 1 aromatic rings. The molecular formula is C12H19N3O2S. The average molecular weight is 269 g/mol. The van der Waals surface area contributed by atoms with Crippen molar-refractivity contribution in [2.45, 2.75) is 44.7 Å². The first kappa shape index (κ1) is 14.7. The highest BCUT2D eigenvalue weighted by Crippen LogP contribution is 2.09. The third-order valence-electron chi connectivity index (χ3n) is 2.61. The van der Waals surface area contributed by atoms with Gasteiger partial charge in [-0.2, -0.15) is 0 Å². The van der Waals surface area contributed by atoms with E-state index in [4.69, 9.17) is 6.42 Å². The molecule has 1 heterocycles. The monoisotopic (exact) mass is 269 g/mol. The van der Waals surface area contributed by atoms with Crippen molar-refractivity contribution in [2.24, 2.45) is 0 Å². The summed E-state index contributed by atoms with van der Waals surface area (Å²) in [4.78, 5) is 4.05. The lowest BCUT2D eigenvalue weighted by atomic mass is 10.2. The van der Waals surface area contributed by atoms with E-state index in [0.717, 1.165) is 12.8 Å². The van der Waals surface area contributed by atoms with Crippen molar-refractivity contribution in [2.75, 3.05) is 6.54 Å². The molecule has 0 amide bonds. The first-order valence-electron chi connectivity index (χ1n) is 5.98. The van der Waals surface area contributed by atoms with Crippen LogP contribution in [0.3, 0.4) is 0 Å². The highest BCUT2D eigenvalue weighted by atomic mass is 32.2. The number of aryl methyl sites for hydroxylation is 2. The minimum absolute atomic E-state index is 0.0822. The first-order chi connectivity index (χ1) is 8.51. The quantitative estimate of drug-likeness (QED) is 0.599. The van der Waals surface area contributed by atoms with Crippen LogP contribution < -0.4 is 4.72 Å². The number of unbranched alkanes of at least 4 members (excludes halogenated alkanes) is 2. The Hall–Kier alpha value is -1.32. The molecule has 18 heavy (non-hydrogen) atoms. The minimum atomic E-state index is -3.49. The van der Waals surface area contributed by atoms with Crippen LogP contribution in [0.2, 0.25) is 0 Å². The molecule has 0 saturated heterocycles. The molecule has 0 unspecified atom stereocenters. The number of imidazole rings is 1.